The van der Waals surface area contributed by atoms with Gasteiger partial charge in [0, 0.05) is 0 Å². The molecular weight excluding hydrogens is 222 g/mol. The summed E-state index contributed by atoms with van der Waals surface area (Å²) in [4.78, 5) is 0. The molecule has 0 aliphatic carbocycles. The van der Waals surface area contributed by atoms with Crippen LogP contribution in [-0.4, -0.2) is 0 Å². The summed E-state index contributed by atoms with van der Waals surface area (Å²) in [5.41, 5.74) is 9.19. The first-order valence-corrected chi connectivity index (χ1v) is 6.40. The number of aryl methyl sites for hydroxylation is 2. The maximum atomic E-state index is 5.81. The van der Waals surface area contributed by atoms with Gasteiger partial charge in [0.1, 0.15) is 5.75 Å². The summed E-state index contributed by atoms with van der Waals surface area (Å²) in [6.07, 6.45) is 0. The minimum Gasteiger partial charge on any atom is -0.474 e. The third-order valence-corrected chi connectivity index (χ3v) is 4.65. The van der Waals surface area contributed by atoms with Crippen molar-refractivity contribution >= 4 is 10.9 Å². The monoisotopic (exact) mass is 241 g/mol. The van der Waals surface area contributed by atoms with Crippen LogP contribution in [0.5, 0.6) is 5.75 Å². The lowest BCUT2D eigenvalue weighted by atomic mass is 9.93. The maximum Gasteiger partial charge on any atom is 0.231 e. The smallest absolute Gasteiger partial charge is 0.231 e. The van der Waals surface area contributed by atoms with E-state index in [0.717, 1.165) is 5.75 Å². The van der Waals surface area contributed by atoms with Crippen LogP contribution in [-0.2, 0) is 0 Å². The largest absolute Gasteiger partial charge is 0.474 e. The Balaban J connectivity index is 2.67. The van der Waals surface area contributed by atoms with Gasteiger partial charge in [-0.25, -0.2) is 0 Å². The Morgan fingerprint density at radius 2 is 1.39 bits per heavy atom. The minimum absolute atomic E-state index is 1.03. The molecule has 0 saturated carbocycles. The van der Waals surface area contributed by atoms with E-state index in [2.05, 4.69) is 46.1 Å². The first kappa shape index (κ1) is 11.4. The molecule has 0 bridgehead atoms. The van der Waals surface area contributed by atoms with Gasteiger partial charge in [-0.2, -0.15) is 0 Å². The molecule has 2 heteroatoms. The molecule has 1 aliphatic rings. The van der Waals surface area contributed by atoms with Gasteiger partial charge in [0.25, 0.3) is 0 Å². The molecule has 1 aromatic heterocycles. The average Bonchev–Trinajstić information content (AvgIpc) is 2.78. The van der Waals surface area contributed by atoms with Crippen molar-refractivity contribution in [3.8, 4) is 5.75 Å². The van der Waals surface area contributed by atoms with Crippen LogP contribution < -0.4 is 9.30 Å². The zero-order chi connectivity index (χ0) is 13.2. The van der Waals surface area contributed by atoms with Crippen molar-refractivity contribution in [1.29, 1.82) is 0 Å². The maximum absolute atomic E-state index is 5.81. The summed E-state index contributed by atoms with van der Waals surface area (Å²) >= 11 is 0. The van der Waals surface area contributed by atoms with Gasteiger partial charge < -0.3 is 4.74 Å². The van der Waals surface area contributed by atoms with Crippen LogP contribution in [0.3, 0.4) is 0 Å². The number of nitrogens with zero attached hydrogens (tertiary/aromatic N) is 1. The van der Waals surface area contributed by atoms with Crippen molar-refractivity contribution in [1.82, 2.24) is 0 Å². The summed E-state index contributed by atoms with van der Waals surface area (Å²) in [6, 6.07) is 0. The molecule has 0 saturated heterocycles. The molecule has 2 heterocycles. The fourth-order valence-electron chi connectivity index (χ4n) is 2.99. The molecule has 0 atom stereocenters. The molecule has 0 unspecified atom stereocenters. The highest BCUT2D eigenvalue weighted by atomic mass is 16.5. The zero-order valence-electron chi connectivity index (χ0n) is 11.9. The van der Waals surface area contributed by atoms with Crippen LogP contribution in [0.15, 0.2) is 0 Å². The van der Waals surface area contributed by atoms with Gasteiger partial charge in [-0.05, 0) is 69.2 Å². The van der Waals surface area contributed by atoms with Crippen LogP contribution in [0.25, 0.3) is 10.9 Å². The summed E-state index contributed by atoms with van der Waals surface area (Å²) in [5, 5.41) is 1.35. The van der Waals surface area contributed by atoms with E-state index in [1.807, 2.05) is 6.73 Å². The lowest BCUT2D eigenvalue weighted by Crippen LogP contribution is -2.35. The van der Waals surface area contributed by atoms with Crippen LogP contribution in [0.2, 0.25) is 0 Å². The fraction of sp³-hybridized carbons (Fsp3) is 0.375. The van der Waals surface area contributed by atoms with Gasteiger partial charge in [-0.15, -0.1) is 0 Å². The molecule has 2 nitrogen and oxygen atoms in total. The molecule has 0 spiro atoms. The first-order chi connectivity index (χ1) is 8.45. The third-order valence-electron chi connectivity index (χ3n) is 4.65. The van der Waals surface area contributed by atoms with Gasteiger partial charge in [0.2, 0.25) is 6.73 Å². The normalized spacial score (nSPS) is 12.8. The molecule has 0 fully saturated rings. The second-order valence-electron chi connectivity index (χ2n) is 5.36. The van der Waals surface area contributed by atoms with Crippen LogP contribution >= 0.6 is 0 Å². The third kappa shape index (κ3) is 1.13. The molecule has 2 aromatic rings. The Bertz CT molecular complexity index is 642. The number of benzene rings is 1. The van der Waals surface area contributed by atoms with Crippen molar-refractivity contribution in [3.63, 3.8) is 0 Å². The van der Waals surface area contributed by atoms with Gasteiger partial charge >= 0.3 is 0 Å². The van der Waals surface area contributed by atoms with E-state index in [-0.39, 0.29) is 0 Å². The van der Waals surface area contributed by atoms with E-state index in [1.54, 1.807) is 0 Å². The number of pyridine rings is 1. The molecule has 0 N–H and O–H groups in total. The summed E-state index contributed by atoms with van der Waals surface area (Å²) < 4.78 is 8.00. The number of rotatable bonds is 0. The second-order valence-corrected chi connectivity index (χ2v) is 5.36. The van der Waals surface area contributed by atoms with E-state index in [0.29, 0.717) is 0 Å². The van der Waals surface area contributed by atoms with Crippen LogP contribution in [0.4, 0.5) is 0 Å². The van der Waals surface area contributed by atoms with Crippen molar-refractivity contribution in [3.05, 3.63) is 40.2 Å². The predicted molar refractivity (Wildman–Crippen MR) is 72.9 cm³/mol. The summed E-state index contributed by atoms with van der Waals surface area (Å²) in [6.45, 7) is 14.9. The molecule has 0 radical (unpaired) electrons. The fourth-order valence-corrected chi connectivity index (χ4v) is 2.99. The highest BCUT2D eigenvalue weighted by molar-refractivity contribution is 5.91. The SMILES string of the molecule is Cc1c(C)c2c3c(c1C)c(C)c(C)c(C)[n+]3[CH-]O2. The number of aromatic nitrogens is 1. The molecule has 94 valence electrons. The van der Waals surface area contributed by atoms with Crippen molar-refractivity contribution < 1.29 is 9.30 Å². The second kappa shape index (κ2) is 3.41. The minimum atomic E-state index is 1.03. The molecule has 3 rings (SSSR count). The zero-order valence-corrected chi connectivity index (χ0v) is 11.9. The van der Waals surface area contributed by atoms with Gasteiger partial charge in [0.15, 0.2) is 5.52 Å². The van der Waals surface area contributed by atoms with Crippen LogP contribution in [0.1, 0.15) is 33.5 Å². The lowest BCUT2D eigenvalue weighted by molar-refractivity contribution is -0.624. The first-order valence-electron chi connectivity index (χ1n) is 6.40. The van der Waals surface area contributed by atoms with Gasteiger partial charge in [-0.1, -0.05) is 5.56 Å². The molecule has 1 aromatic carbocycles. The van der Waals surface area contributed by atoms with Crippen molar-refractivity contribution in [2.75, 3.05) is 0 Å². The quantitative estimate of drug-likeness (QED) is 0.509. The highest BCUT2D eigenvalue weighted by Crippen LogP contribution is 2.38. The lowest BCUT2D eigenvalue weighted by Gasteiger charge is -2.17. The van der Waals surface area contributed by atoms with Gasteiger partial charge in [0.05, 0.1) is 5.69 Å². The van der Waals surface area contributed by atoms with E-state index < -0.39 is 0 Å². The molecule has 18 heavy (non-hydrogen) atoms. The summed E-state index contributed by atoms with van der Waals surface area (Å²) in [7, 11) is 0. The Kier molecular flexibility index (Phi) is 2.16. The Morgan fingerprint density at radius 3 is 2.06 bits per heavy atom. The number of ether oxygens (including phenoxy) is 1. The van der Waals surface area contributed by atoms with Gasteiger partial charge in [-0.3, -0.25) is 4.57 Å². The van der Waals surface area contributed by atoms with Crippen LogP contribution in [0, 0.1) is 48.3 Å². The Morgan fingerprint density at radius 1 is 0.778 bits per heavy atom. The molecular formula is C16H19NO. The van der Waals surface area contributed by atoms with E-state index in [1.165, 1.54) is 44.4 Å². The van der Waals surface area contributed by atoms with Crippen molar-refractivity contribution in [2.45, 2.75) is 41.5 Å². The Labute approximate surface area is 108 Å². The highest BCUT2D eigenvalue weighted by Gasteiger charge is 2.25. The summed E-state index contributed by atoms with van der Waals surface area (Å²) in [5.74, 6) is 1.03. The van der Waals surface area contributed by atoms with E-state index in [4.69, 9.17) is 4.74 Å². The number of hydrogen-bond acceptors (Lipinski definition) is 1. The average molecular weight is 241 g/mol. The standard InChI is InChI=1S/C16H19NO/c1-8-10(3)14-11(4)9(2)13(6)17-7-18-16(12(8)5)15(14)17/h7H,1-6H3. The topological polar surface area (TPSA) is 13.1 Å². The van der Waals surface area contributed by atoms with E-state index in [9.17, 15) is 0 Å². The van der Waals surface area contributed by atoms with E-state index >= 15 is 0 Å². The Hall–Kier alpha value is -1.70. The molecule has 1 aliphatic heterocycles. The predicted octanol–water partition coefficient (Wildman–Crippen LogP) is 3.34. The molecule has 0 amide bonds. The number of hydrogen-bond donors (Lipinski definition) is 0. The van der Waals surface area contributed by atoms with Crippen molar-refractivity contribution in [2.24, 2.45) is 0 Å².